The van der Waals surface area contributed by atoms with Gasteiger partial charge in [-0.3, -0.25) is 10.2 Å². The lowest BCUT2D eigenvalue weighted by molar-refractivity contribution is 0.0953. The molecule has 3 N–H and O–H groups in total. The number of hydrogen-bond donors (Lipinski definition) is 2. The molecule has 0 fully saturated rings. The Labute approximate surface area is 121 Å². The van der Waals surface area contributed by atoms with Crippen molar-refractivity contribution in [2.75, 3.05) is 0 Å². The van der Waals surface area contributed by atoms with E-state index in [9.17, 15) is 9.18 Å². The molecule has 0 aliphatic carbocycles. The zero-order valence-corrected chi connectivity index (χ0v) is 11.2. The maximum atomic E-state index is 13.7. The maximum Gasteiger partial charge on any atom is 0.265 e. The second-order valence-electron chi connectivity index (χ2n) is 4.79. The fourth-order valence-corrected chi connectivity index (χ4v) is 2.41. The molecule has 0 saturated carbocycles. The summed E-state index contributed by atoms with van der Waals surface area (Å²) in [6.45, 7) is 0.554. The molecule has 3 rings (SSSR count). The Balaban J connectivity index is 1.95. The van der Waals surface area contributed by atoms with Crippen LogP contribution in [0.4, 0.5) is 4.39 Å². The van der Waals surface area contributed by atoms with E-state index in [1.165, 1.54) is 6.07 Å². The van der Waals surface area contributed by atoms with Gasteiger partial charge in [-0.25, -0.2) is 10.2 Å². The third-order valence-electron chi connectivity index (χ3n) is 3.43. The highest BCUT2D eigenvalue weighted by Crippen LogP contribution is 2.20. The number of rotatable bonds is 3. The summed E-state index contributed by atoms with van der Waals surface area (Å²) in [6, 6.07) is 13.9. The third kappa shape index (κ3) is 2.51. The van der Waals surface area contributed by atoms with Gasteiger partial charge in [0.15, 0.2) is 0 Å². The molecule has 0 bridgehead atoms. The minimum Gasteiger partial charge on any atom is -0.343 e. The van der Waals surface area contributed by atoms with Crippen LogP contribution in [0.2, 0.25) is 0 Å². The van der Waals surface area contributed by atoms with Crippen LogP contribution < -0.4 is 11.3 Å². The molecular weight excluding hydrogens is 269 g/mol. The first kappa shape index (κ1) is 13.3. The van der Waals surface area contributed by atoms with E-state index in [1.807, 2.05) is 22.9 Å². The number of carbonyl (C=O) groups excluding carboxylic acids is 1. The summed E-state index contributed by atoms with van der Waals surface area (Å²) in [6.07, 6.45) is 1.84. The highest BCUT2D eigenvalue weighted by Gasteiger charge is 2.07. The van der Waals surface area contributed by atoms with Crippen LogP contribution in [0, 0.1) is 5.82 Å². The van der Waals surface area contributed by atoms with Gasteiger partial charge in [-0.1, -0.05) is 18.2 Å². The lowest BCUT2D eigenvalue weighted by atomic mass is 10.1. The Morgan fingerprint density at radius 3 is 2.81 bits per heavy atom. The maximum absolute atomic E-state index is 13.7. The van der Waals surface area contributed by atoms with Crippen molar-refractivity contribution in [1.29, 1.82) is 0 Å². The molecule has 0 radical (unpaired) electrons. The zero-order valence-electron chi connectivity index (χ0n) is 11.2. The molecule has 4 nitrogen and oxygen atoms in total. The van der Waals surface area contributed by atoms with E-state index >= 15 is 0 Å². The van der Waals surface area contributed by atoms with Crippen molar-refractivity contribution in [3.63, 3.8) is 0 Å². The van der Waals surface area contributed by atoms with Gasteiger partial charge in [0, 0.05) is 23.7 Å². The third-order valence-corrected chi connectivity index (χ3v) is 3.43. The van der Waals surface area contributed by atoms with E-state index in [4.69, 9.17) is 5.84 Å². The van der Waals surface area contributed by atoms with Gasteiger partial charge in [0.25, 0.3) is 5.91 Å². The van der Waals surface area contributed by atoms with Crippen LogP contribution in [-0.2, 0) is 6.54 Å². The fourth-order valence-electron chi connectivity index (χ4n) is 2.41. The minimum atomic E-state index is -0.333. The van der Waals surface area contributed by atoms with E-state index in [0.717, 1.165) is 11.1 Å². The Hall–Kier alpha value is -2.66. The van der Waals surface area contributed by atoms with Crippen LogP contribution in [-0.4, -0.2) is 10.5 Å². The van der Waals surface area contributed by atoms with E-state index in [1.54, 1.807) is 30.3 Å². The van der Waals surface area contributed by atoms with Crippen molar-refractivity contribution in [3.8, 4) is 0 Å². The smallest absolute Gasteiger partial charge is 0.265 e. The number of nitrogen functional groups attached to an aromatic ring is 1. The van der Waals surface area contributed by atoms with E-state index in [2.05, 4.69) is 5.43 Å². The first-order chi connectivity index (χ1) is 10.2. The van der Waals surface area contributed by atoms with Gasteiger partial charge in [0.1, 0.15) is 5.82 Å². The molecule has 0 aliphatic heterocycles. The SMILES string of the molecule is NNC(=O)c1cccc(Cn2ccc3c(F)cccc32)c1. The fraction of sp³-hybridized carbons (Fsp3) is 0.0625. The van der Waals surface area contributed by atoms with Crippen LogP contribution >= 0.6 is 0 Å². The van der Waals surface area contributed by atoms with Gasteiger partial charge < -0.3 is 4.57 Å². The molecule has 2 aromatic carbocycles. The average molecular weight is 283 g/mol. The summed E-state index contributed by atoms with van der Waals surface area (Å²) in [4.78, 5) is 11.5. The van der Waals surface area contributed by atoms with Gasteiger partial charge in [0.05, 0.1) is 5.52 Å². The molecule has 3 aromatic rings. The molecule has 1 aromatic heterocycles. The number of nitrogens with one attached hydrogen (secondary N) is 1. The number of amides is 1. The van der Waals surface area contributed by atoms with Gasteiger partial charge in [0.2, 0.25) is 0 Å². The molecule has 21 heavy (non-hydrogen) atoms. The number of carbonyl (C=O) groups is 1. The average Bonchev–Trinajstić information content (AvgIpc) is 2.91. The number of hydrogen-bond acceptors (Lipinski definition) is 2. The normalized spacial score (nSPS) is 10.8. The van der Waals surface area contributed by atoms with E-state index in [0.29, 0.717) is 17.5 Å². The number of nitrogens with zero attached hydrogens (tertiary/aromatic N) is 1. The summed E-state index contributed by atoms with van der Waals surface area (Å²) < 4.78 is 15.6. The zero-order chi connectivity index (χ0) is 14.8. The number of aromatic nitrogens is 1. The molecule has 0 unspecified atom stereocenters. The lowest BCUT2D eigenvalue weighted by Crippen LogP contribution is -2.30. The number of hydrazine groups is 1. The van der Waals surface area contributed by atoms with Crippen molar-refractivity contribution in [1.82, 2.24) is 9.99 Å². The van der Waals surface area contributed by atoms with Crippen LogP contribution in [0.5, 0.6) is 0 Å². The first-order valence-electron chi connectivity index (χ1n) is 6.52. The summed E-state index contributed by atoms with van der Waals surface area (Å²) in [5.74, 6) is 4.57. The summed E-state index contributed by atoms with van der Waals surface area (Å²) >= 11 is 0. The summed E-state index contributed by atoms with van der Waals surface area (Å²) in [5, 5.41) is 0.591. The molecular formula is C16H14FN3O. The molecule has 5 heteroatoms. The van der Waals surface area contributed by atoms with Gasteiger partial charge in [-0.2, -0.15) is 0 Å². The van der Waals surface area contributed by atoms with Crippen molar-refractivity contribution >= 4 is 16.8 Å². The predicted molar refractivity (Wildman–Crippen MR) is 79.1 cm³/mol. The molecule has 106 valence electrons. The lowest BCUT2D eigenvalue weighted by Gasteiger charge is -2.07. The summed E-state index contributed by atoms with van der Waals surface area (Å²) in [5.41, 5.74) is 4.37. The standard InChI is InChI=1S/C16H14FN3O/c17-14-5-2-6-15-13(14)7-8-20(15)10-11-3-1-4-12(9-11)16(21)19-18/h1-9H,10,18H2,(H,19,21). The van der Waals surface area contributed by atoms with Crippen LogP contribution in [0.15, 0.2) is 54.7 Å². The summed E-state index contributed by atoms with van der Waals surface area (Å²) in [7, 11) is 0. The van der Waals surface area contributed by atoms with Crippen LogP contribution in [0.1, 0.15) is 15.9 Å². The Morgan fingerprint density at radius 1 is 1.19 bits per heavy atom. The number of fused-ring (bicyclic) bond motifs is 1. The molecule has 1 heterocycles. The highest BCUT2D eigenvalue weighted by molar-refractivity contribution is 5.93. The minimum absolute atomic E-state index is 0.234. The van der Waals surface area contributed by atoms with Gasteiger partial charge in [-0.05, 0) is 35.9 Å². The van der Waals surface area contributed by atoms with E-state index in [-0.39, 0.29) is 11.7 Å². The van der Waals surface area contributed by atoms with Crippen LogP contribution in [0.3, 0.4) is 0 Å². The quantitative estimate of drug-likeness (QED) is 0.440. The van der Waals surface area contributed by atoms with Crippen molar-refractivity contribution in [2.24, 2.45) is 5.84 Å². The molecule has 0 aliphatic rings. The topological polar surface area (TPSA) is 60.0 Å². The number of nitrogens with two attached hydrogens (primary N) is 1. The highest BCUT2D eigenvalue weighted by atomic mass is 19.1. The Morgan fingerprint density at radius 2 is 2.00 bits per heavy atom. The number of benzene rings is 2. The van der Waals surface area contributed by atoms with Crippen LogP contribution in [0.25, 0.3) is 10.9 Å². The molecule has 0 atom stereocenters. The predicted octanol–water partition coefficient (Wildman–Crippen LogP) is 2.43. The molecule has 1 amide bonds. The monoisotopic (exact) mass is 283 g/mol. The van der Waals surface area contributed by atoms with Crippen molar-refractivity contribution < 1.29 is 9.18 Å². The Bertz CT molecular complexity index is 810. The molecule has 0 spiro atoms. The molecule has 0 saturated heterocycles. The van der Waals surface area contributed by atoms with Crippen molar-refractivity contribution in [3.05, 3.63) is 71.7 Å². The number of halogens is 1. The van der Waals surface area contributed by atoms with Crippen molar-refractivity contribution in [2.45, 2.75) is 6.54 Å². The second kappa shape index (κ2) is 5.38. The second-order valence-corrected chi connectivity index (χ2v) is 4.79. The largest absolute Gasteiger partial charge is 0.343 e. The Kier molecular flexibility index (Phi) is 3.41. The van der Waals surface area contributed by atoms with E-state index < -0.39 is 0 Å². The van der Waals surface area contributed by atoms with Gasteiger partial charge >= 0.3 is 0 Å². The van der Waals surface area contributed by atoms with Gasteiger partial charge in [-0.15, -0.1) is 0 Å². The first-order valence-corrected chi connectivity index (χ1v) is 6.52.